The van der Waals surface area contributed by atoms with Gasteiger partial charge in [-0.05, 0) is 120 Å². The number of rotatable bonds is 38. The van der Waals surface area contributed by atoms with E-state index in [1.165, 1.54) is 26.4 Å². The molecule has 34 heteroatoms. The predicted molar refractivity (Wildman–Crippen MR) is 365 cm³/mol. The van der Waals surface area contributed by atoms with Crippen LogP contribution in [0.25, 0.3) is 0 Å². The van der Waals surface area contributed by atoms with Gasteiger partial charge in [-0.3, -0.25) is 53.0 Å². The second-order valence-corrected chi connectivity index (χ2v) is 27.8. The zero-order valence-corrected chi connectivity index (χ0v) is 61.5. The number of nitriles is 1. The Morgan fingerprint density at radius 2 is 1.33 bits per heavy atom. The standard InChI is InChI=1S/C70H103F8N13O13/c1-15-39(8)59(89(12)67(99)57(37(4)5)87-66(98)58(38(6)7)88(10)11)47(102-13)33-50(93)91-30-18-21-46(91)60(103-14)40(9)62(94)85-45(34-79)63(95)82-35-41-23-25-43(26-24-41)83-64(96)44(20-16-17-28-81-69(80)101)84-65(97)56(36(2)3)86-49(92)22-19-29-90-31-27-42(32-48(90)70(76,77)78)68(100)104-61-54(74)52(72)51(71)53(73)55(61)75/h23-26,36-40,42,44-48,56-60H,15-22,27-33,35H2,1-14H3,(H,82,95)(H,83,96)(H,84,97)(H,85,94)(H,86,92)(H,87,98)(H3,80,81,101)/t39-,40+,42?,44-,45-,46-,47+,48?,56-,57-,58-,59-,60+/m0/s1. The molecule has 2 fully saturated rings. The summed E-state index contributed by atoms with van der Waals surface area (Å²) in [5.41, 5.74) is 5.90. The Hall–Kier alpha value is -8.29. The fourth-order valence-corrected chi connectivity index (χ4v) is 13.2. The first-order valence-corrected chi connectivity index (χ1v) is 34.9. The Bertz CT molecular complexity index is 3290. The van der Waals surface area contributed by atoms with Gasteiger partial charge in [-0.1, -0.05) is 80.9 Å². The molecule has 2 saturated heterocycles. The second kappa shape index (κ2) is 40.8. The molecule has 9 N–H and O–H groups in total. The van der Waals surface area contributed by atoms with Crippen molar-refractivity contribution in [3.63, 3.8) is 0 Å². The molecule has 104 heavy (non-hydrogen) atoms. The number of nitrogens with two attached hydrogens (primary N) is 1. The molecule has 0 aromatic heterocycles. The van der Waals surface area contributed by atoms with Crippen LogP contribution < -0.4 is 47.7 Å². The number of amides is 10. The molecule has 0 bridgehead atoms. The van der Waals surface area contributed by atoms with Crippen molar-refractivity contribution in [2.45, 2.75) is 206 Å². The van der Waals surface area contributed by atoms with Crippen molar-refractivity contribution in [2.24, 2.45) is 41.2 Å². The molecule has 0 aliphatic carbocycles. The number of hydrogen-bond acceptors (Lipinski definition) is 16. The number of urea groups is 1. The van der Waals surface area contributed by atoms with Crippen molar-refractivity contribution in [1.29, 1.82) is 5.26 Å². The van der Waals surface area contributed by atoms with Crippen LogP contribution in [-0.4, -0.2) is 207 Å². The number of likely N-dealkylation sites (tertiary alicyclic amines) is 2. The first-order valence-electron chi connectivity index (χ1n) is 34.9. The number of piperidine rings is 1. The monoisotopic (exact) mass is 1490 g/mol. The van der Waals surface area contributed by atoms with E-state index in [0.717, 1.165) is 4.90 Å². The molecule has 26 nitrogen and oxygen atoms in total. The second-order valence-electron chi connectivity index (χ2n) is 27.8. The van der Waals surface area contributed by atoms with Gasteiger partial charge in [0.25, 0.3) is 5.91 Å². The van der Waals surface area contributed by atoms with E-state index in [1.807, 2.05) is 52.5 Å². The third kappa shape index (κ3) is 24.4. The molecule has 13 atom stereocenters. The van der Waals surface area contributed by atoms with Crippen LogP contribution in [0, 0.1) is 75.9 Å². The number of primary amides is 1. The summed E-state index contributed by atoms with van der Waals surface area (Å²) in [4.78, 5) is 141. The van der Waals surface area contributed by atoms with Gasteiger partial charge in [0.15, 0.2) is 6.04 Å². The first-order chi connectivity index (χ1) is 48.8. The number of nitrogens with one attached hydrogen (secondary N) is 7. The summed E-state index contributed by atoms with van der Waals surface area (Å²) in [6.07, 6.45) is -6.59. The molecule has 0 saturated carbocycles. The number of unbranched alkanes of at least 4 members (excludes halogenated alkanes) is 1. The van der Waals surface area contributed by atoms with Crippen LogP contribution in [0.3, 0.4) is 0 Å². The Labute approximate surface area is 602 Å². The van der Waals surface area contributed by atoms with Gasteiger partial charge in [0.05, 0.1) is 54.7 Å². The summed E-state index contributed by atoms with van der Waals surface area (Å²) in [6.45, 7) is 15.7. The summed E-state index contributed by atoms with van der Waals surface area (Å²) >= 11 is 0. The van der Waals surface area contributed by atoms with E-state index in [2.05, 4.69) is 42.0 Å². The molecular formula is C70H103F8N13O13. The lowest BCUT2D eigenvalue weighted by molar-refractivity contribution is -0.197. The molecule has 2 aliphatic rings. The molecule has 10 amide bonds. The minimum Gasteiger partial charge on any atom is -0.420 e. The van der Waals surface area contributed by atoms with E-state index in [1.54, 1.807) is 63.8 Å². The molecule has 2 aromatic rings. The van der Waals surface area contributed by atoms with Gasteiger partial charge in [-0.2, -0.15) is 27.2 Å². The smallest absolute Gasteiger partial charge is 0.404 e. The third-order valence-electron chi connectivity index (χ3n) is 19.1. The van der Waals surface area contributed by atoms with Gasteiger partial charge in [-0.25, -0.2) is 18.0 Å². The van der Waals surface area contributed by atoms with E-state index in [9.17, 15) is 88.3 Å². The highest BCUT2D eigenvalue weighted by atomic mass is 19.4. The van der Waals surface area contributed by atoms with Gasteiger partial charge in [0.1, 0.15) is 24.2 Å². The van der Waals surface area contributed by atoms with Crippen LogP contribution >= 0.6 is 0 Å². The third-order valence-corrected chi connectivity index (χ3v) is 19.1. The Morgan fingerprint density at radius 1 is 0.712 bits per heavy atom. The molecular weight excluding hydrogens is 1380 g/mol. The predicted octanol–water partition coefficient (Wildman–Crippen LogP) is 6.09. The Morgan fingerprint density at radius 3 is 1.87 bits per heavy atom. The number of nitrogens with zero attached hydrogens (tertiary/aromatic N) is 5. The number of esters is 1. The van der Waals surface area contributed by atoms with Crippen molar-refractivity contribution >= 4 is 64.9 Å². The molecule has 4 rings (SSSR count). The van der Waals surface area contributed by atoms with E-state index in [0.29, 0.717) is 37.8 Å². The fourth-order valence-electron chi connectivity index (χ4n) is 13.2. The molecule has 2 aliphatic heterocycles. The van der Waals surface area contributed by atoms with Gasteiger partial charge < -0.3 is 67.0 Å². The maximum absolute atomic E-state index is 14.5. The summed E-state index contributed by atoms with van der Waals surface area (Å²) in [5.74, 6) is -24.5. The zero-order valence-electron chi connectivity index (χ0n) is 61.5. The quantitative estimate of drug-likeness (QED) is 0.00942. The van der Waals surface area contributed by atoms with Crippen molar-refractivity contribution in [2.75, 3.05) is 66.9 Å². The molecule has 0 radical (unpaired) electrons. The number of hydrogen-bond donors (Lipinski definition) is 8. The lowest BCUT2D eigenvalue weighted by Gasteiger charge is -2.41. The number of ether oxygens (including phenoxy) is 3. The zero-order chi connectivity index (χ0) is 78.4. The summed E-state index contributed by atoms with van der Waals surface area (Å²) < 4.78 is 129. The lowest BCUT2D eigenvalue weighted by Crippen LogP contribution is -2.59. The van der Waals surface area contributed by atoms with Crippen LogP contribution in [0.4, 0.5) is 45.6 Å². The Balaban J connectivity index is 1.36. The molecule has 582 valence electrons. The SMILES string of the molecule is CC[C@H](C)[C@@H]([C@@H](CC(=O)N1CCC[C@H]1[C@H](OC)[C@@H](C)C(=O)N[C@@H](C#N)C(=O)NCc1ccc(NC(=O)[C@H](CCCCNC(N)=O)NC(=O)[C@@H](NC(=O)CCCN2CCC(C(=O)Oc3c(F)c(F)c(F)c(F)c3F)CC2C(F)(F)F)C(C)C)cc1)OC)N(C)C(=O)[C@@H](NC(=O)[C@H](C(C)C)N(C)C)C(C)C. The fraction of sp³-hybridized carbons (Fsp3) is 0.671. The van der Waals surface area contributed by atoms with Crippen LogP contribution in [0.15, 0.2) is 24.3 Å². The van der Waals surface area contributed by atoms with E-state index in [4.69, 9.17) is 15.2 Å². The van der Waals surface area contributed by atoms with Crippen molar-refractivity contribution in [1.82, 2.24) is 51.5 Å². The number of anilines is 1. The minimum absolute atomic E-state index is 0.00612. The van der Waals surface area contributed by atoms with Gasteiger partial charge in [0, 0.05) is 53.0 Å². The van der Waals surface area contributed by atoms with Crippen LogP contribution in [-0.2, 0) is 59.2 Å². The van der Waals surface area contributed by atoms with Crippen molar-refractivity contribution < 1.29 is 97.3 Å². The van der Waals surface area contributed by atoms with E-state index >= 15 is 0 Å². The molecule has 2 unspecified atom stereocenters. The number of benzene rings is 2. The maximum Gasteiger partial charge on any atom is 0.404 e. The van der Waals surface area contributed by atoms with E-state index < -0.39 is 180 Å². The topological polar surface area (TPSA) is 345 Å². The highest BCUT2D eigenvalue weighted by Crippen LogP contribution is 2.37. The maximum atomic E-state index is 14.5. The van der Waals surface area contributed by atoms with Gasteiger partial charge in [0.2, 0.25) is 76.2 Å². The molecule has 2 heterocycles. The highest BCUT2D eigenvalue weighted by Gasteiger charge is 2.49. The minimum atomic E-state index is -5.00. The molecule has 2 aromatic carbocycles. The number of likely N-dealkylation sites (N-methyl/N-ethyl adjacent to an activating group) is 2. The number of halogens is 8. The first kappa shape index (κ1) is 88.1. The largest absolute Gasteiger partial charge is 0.420 e. The van der Waals surface area contributed by atoms with Crippen LogP contribution in [0.5, 0.6) is 5.75 Å². The average Bonchev–Trinajstić information content (AvgIpc) is 0.964. The summed E-state index contributed by atoms with van der Waals surface area (Å²) in [7, 11) is 8.13. The normalized spacial score (nSPS) is 18.5. The number of methoxy groups -OCH3 is 2. The van der Waals surface area contributed by atoms with Gasteiger partial charge >= 0.3 is 18.2 Å². The number of carbonyl (C=O) groups is 10. The van der Waals surface area contributed by atoms with Crippen LogP contribution in [0.2, 0.25) is 0 Å². The van der Waals surface area contributed by atoms with Crippen molar-refractivity contribution in [3.05, 3.63) is 58.9 Å². The molecule has 0 spiro atoms. The Kier molecular flexibility index (Phi) is 34.6. The summed E-state index contributed by atoms with van der Waals surface area (Å²) in [5, 5.41) is 28.6. The average molecular weight is 1490 g/mol. The number of alkyl halides is 3. The van der Waals surface area contributed by atoms with Crippen LogP contribution in [0.1, 0.15) is 139 Å². The van der Waals surface area contributed by atoms with Crippen molar-refractivity contribution in [3.8, 4) is 11.8 Å². The van der Waals surface area contributed by atoms with E-state index in [-0.39, 0.29) is 92.9 Å². The summed E-state index contributed by atoms with van der Waals surface area (Å²) in [6, 6.07) is -2.05. The van der Waals surface area contributed by atoms with Gasteiger partial charge in [-0.15, -0.1) is 0 Å². The lowest BCUT2D eigenvalue weighted by atomic mass is 9.89. The highest BCUT2D eigenvalue weighted by molar-refractivity contribution is 5.98. The number of carbonyl (C=O) groups excluding carboxylic acids is 10.